The van der Waals surface area contributed by atoms with Gasteiger partial charge in [-0.2, -0.15) is 0 Å². The van der Waals surface area contributed by atoms with Crippen molar-refractivity contribution in [3.05, 3.63) is 28.2 Å². The van der Waals surface area contributed by atoms with E-state index in [2.05, 4.69) is 60.2 Å². The zero-order chi connectivity index (χ0) is 13.2. The second kappa shape index (κ2) is 5.62. The van der Waals surface area contributed by atoms with E-state index in [4.69, 9.17) is 4.74 Å². The quantitative estimate of drug-likeness (QED) is 0.918. The van der Waals surface area contributed by atoms with Gasteiger partial charge < -0.3 is 10.1 Å². The van der Waals surface area contributed by atoms with Crippen LogP contribution in [0.1, 0.15) is 32.8 Å². The third-order valence-electron chi connectivity index (χ3n) is 3.39. The van der Waals surface area contributed by atoms with Crippen molar-refractivity contribution >= 4 is 15.9 Å². The highest BCUT2D eigenvalue weighted by atomic mass is 79.9. The van der Waals surface area contributed by atoms with E-state index in [9.17, 15) is 0 Å². The normalized spacial score (nSPS) is 20.1. The SMILES string of the molecule is CC(C)(C)c1cc(Br)ccc1OC[C@@H]1CCNC1. The standard InChI is InChI=1S/C15H22BrNO/c1-15(2,3)13-8-12(16)4-5-14(13)18-10-11-6-7-17-9-11/h4-5,8,11,17H,6-7,9-10H2,1-3H3/t11-/m1/s1. The first-order valence-corrected chi connectivity index (χ1v) is 7.39. The lowest BCUT2D eigenvalue weighted by Gasteiger charge is -2.24. The molecule has 0 aliphatic carbocycles. The van der Waals surface area contributed by atoms with Gasteiger partial charge in [-0.3, -0.25) is 0 Å². The van der Waals surface area contributed by atoms with Crippen LogP contribution in [0.5, 0.6) is 5.75 Å². The minimum atomic E-state index is 0.104. The molecule has 2 rings (SSSR count). The van der Waals surface area contributed by atoms with Crippen LogP contribution in [0.2, 0.25) is 0 Å². The third kappa shape index (κ3) is 3.48. The van der Waals surface area contributed by atoms with E-state index in [-0.39, 0.29) is 5.41 Å². The molecule has 1 N–H and O–H groups in total. The number of benzene rings is 1. The molecule has 2 nitrogen and oxygen atoms in total. The van der Waals surface area contributed by atoms with Gasteiger partial charge in [0.15, 0.2) is 0 Å². The van der Waals surface area contributed by atoms with E-state index in [1.165, 1.54) is 12.0 Å². The van der Waals surface area contributed by atoms with E-state index in [0.29, 0.717) is 5.92 Å². The topological polar surface area (TPSA) is 21.3 Å². The highest BCUT2D eigenvalue weighted by molar-refractivity contribution is 9.10. The molecule has 1 aromatic rings. The Morgan fingerprint density at radius 1 is 1.39 bits per heavy atom. The zero-order valence-corrected chi connectivity index (χ0v) is 13.0. The summed E-state index contributed by atoms with van der Waals surface area (Å²) >= 11 is 3.54. The Bertz CT molecular complexity index is 405. The summed E-state index contributed by atoms with van der Waals surface area (Å²) < 4.78 is 7.15. The van der Waals surface area contributed by atoms with Crippen LogP contribution < -0.4 is 10.1 Å². The molecular weight excluding hydrogens is 290 g/mol. The van der Waals surface area contributed by atoms with Gasteiger partial charge in [-0.25, -0.2) is 0 Å². The van der Waals surface area contributed by atoms with Crippen molar-refractivity contribution in [3.8, 4) is 5.75 Å². The Balaban J connectivity index is 2.11. The molecule has 1 heterocycles. The van der Waals surface area contributed by atoms with E-state index in [1.807, 2.05) is 0 Å². The molecule has 0 unspecified atom stereocenters. The molecular formula is C15H22BrNO. The molecule has 0 bridgehead atoms. The Labute approximate surface area is 118 Å². The lowest BCUT2D eigenvalue weighted by molar-refractivity contribution is 0.254. The molecule has 100 valence electrons. The van der Waals surface area contributed by atoms with Crippen molar-refractivity contribution in [1.82, 2.24) is 5.32 Å². The van der Waals surface area contributed by atoms with Gasteiger partial charge in [-0.05, 0) is 36.6 Å². The van der Waals surface area contributed by atoms with E-state index >= 15 is 0 Å². The molecule has 1 atom stereocenters. The molecule has 0 spiro atoms. The Kier molecular flexibility index (Phi) is 4.33. The maximum absolute atomic E-state index is 6.04. The van der Waals surface area contributed by atoms with Gasteiger partial charge in [-0.1, -0.05) is 36.7 Å². The third-order valence-corrected chi connectivity index (χ3v) is 3.88. The van der Waals surface area contributed by atoms with Crippen molar-refractivity contribution in [2.24, 2.45) is 5.92 Å². The first-order chi connectivity index (χ1) is 8.47. The van der Waals surface area contributed by atoms with Crippen LogP contribution in [-0.2, 0) is 5.41 Å². The van der Waals surface area contributed by atoms with Gasteiger partial charge in [0, 0.05) is 22.5 Å². The lowest BCUT2D eigenvalue weighted by Crippen LogP contribution is -2.18. The molecule has 1 saturated heterocycles. The Hall–Kier alpha value is -0.540. The predicted molar refractivity (Wildman–Crippen MR) is 79.3 cm³/mol. The smallest absolute Gasteiger partial charge is 0.123 e. The number of ether oxygens (including phenoxy) is 1. The maximum Gasteiger partial charge on any atom is 0.123 e. The predicted octanol–water partition coefficient (Wildman–Crippen LogP) is 3.73. The van der Waals surface area contributed by atoms with Crippen LogP contribution in [0.15, 0.2) is 22.7 Å². The average molecular weight is 312 g/mol. The average Bonchev–Trinajstić information content (AvgIpc) is 2.79. The van der Waals surface area contributed by atoms with Gasteiger partial charge in [-0.15, -0.1) is 0 Å². The van der Waals surface area contributed by atoms with Gasteiger partial charge in [0.25, 0.3) is 0 Å². The first kappa shape index (κ1) is 13.9. The first-order valence-electron chi connectivity index (χ1n) is 6.60. The Morgan fingerprint density at radius 3 is 2.78 bits per heavy atom. The summed E-state index contributed by atoms with van der Waals surface area (Å²) in [6, 6.07) is 6.30. The van der Waals surface area contributed by atoms with Gasteiger partial charge in [0.1, 0.15) is 5.75 Å². The minimum Gasteiger partial charge on any atom is -0.493 e. The monoisotopic (exact) mass is 311 g/mol. The molecule has 1 aliphatic rings. The molecule has 0 radical (unpaired) electrons. The molecule has 0 saturated carbocycles. The summed E-state index contributed by atoms with van der Waals surface area (Å²) in [5.74, 6) is 1.68. The van der Waals surface area contributed by atoms with E-state index < -0.39 is 0 Å². The molecule has 0 amide bonds. The van der Waals surface area contributed by atoms with Crippen molar-refractivity contribution in [1.29, 1.82) is 0 Å². The van der Waals surface area contributed by atoms with Crippen LogP contribution in [0.3, 0.4) is 0 Å². The highest BCUT2D eigenvalue weighted by Gasteiger charge is 2.21. The fraction of sp³-hybridized carbons (Fsp3) is 0.600. The summed E-state index contributed by atoms with van der Waals surface area (Å²) in [6.07, 6.45) is 1.22. The summed E-state index contributed by atoms with van der Waals surface area (Å²) in [4.78, 5) is 0. The second-order valence-corrected chi connectivity index (χ2v) is 6.98. The molecule has 1 fully saturated rings. The second-order valence-electron chi connectivity index (χ2n) is 6.06. The summed E-state index contributed by atoms with van der Waals surface area (Å²) in [7, 11) is 0. The summed E-state index contributed by atoms with van der Waals surface area (Å²) in [5.41, 5.74) is 1.37. The maximum atomic E-state index is 6.04. The number of rotatable bonds is 3. The Morgan fingerprint density at radius 2 is 2.17 bits per heavy atom. The van der Waals surface area contributed by atoms with Crippen LogP contribution in [0, 0.1) is 5.92 Å². The number of halogens is 1. The highest BCUT2D eigenvalue weighted by Crippen LogP contribution is 2.34. The van der Waals surface area contributed by atoms with Crippen molar-refractivity contribution in [2.75, 3.05) is 19.7 Å². The summed E-state index contributed by atoms with van der Waals surface area (Å²) in [5, 5.41) is 3.38. The summed E-state index contributed by atoms with van der Waals surface area (Å²) in [6.45, 7) is 9.69. The largest absolute Gasteiger partial charge is 0.493 e. The minimum absolute atomic E-state index is 0.104. The molecule has 1 aliphatic heterocycles. The zero-order valence-electron chi connectivity index (χ0n) is 11.4. The van der Waals surface area contributed by atoms with Gasteiger partial charge >= 0.3 is 0 Å². The van der Waals surface area contributed by atoms with E-state index in [1.54, 1.807) is 0 Å². The van der Waals surface area contributed by atoms with Crippen molar-refractivity contribution in [2.45, 2.75) is 32.6 Å². The van der Waals surface area contributed by atoms with Crippen LogP contribution in [0.25, 0.3) is 0 Å². The van der Waals surface area contributed by atoms with Crippen LogP contribution in [0.4, 0.5) is 0 Å². The number of nitrogens with one attached hydrogen (secondary N) is 1. The lowest BCUT2D eigenvalue weighted by atomic mass is 9.86. The van der Waals surface area contributed by atoms with Crippen LogP contribution >= 0.6 is 15.9 Å². The molecule has 0 aromatic heterocycles. The molecule has 18 heavy (non-hydrogen) atoms. The fourth-order valence-electron chi connectivity index (χ4n) is 2.28. The van der Waals surface area contributed by atoms with Gasteiger partial charge in [0.2, 0.25) is 0 Å². The molecule has 3 heteroatoms. The number of hydrogen-bond donors (Lipinski definition) is 1. The number of hydrogen-bond acceptors (Lipinski definition) is 2. The van der Waals surface area contributed by atoms with Crippen molar-refractivity contribution in [3.63, 3.8) is 0 Å². The fourth-order valence-corrected chi connectivity index (χ4v) is 2.64. The van der Waals surface area contributed by atoms with E-state index in [0.717, 1.165) is 29.9 Å². The van der Waals surface area contributed by atoms with Crippen LogP contribution in [-0.4, -0.2) is 19.7 Å². The van der Waals surface area contributed by atoms with Gasteiger partial charge in [0.05, 0.1) is 6.61 Å². The molecule has 1 aromatic carbocycles. The van der Waals surface area contributed by atoms with Crippen molar-refractivity contribution < 1.29 is 4.74 Å².